The predicted molar refractivity (Wildman–Crippen MR) is 111 cm³/mol. The van der Waals surface area contributed by atoms with Gasteiger partial charge in [-0.15, -0.1) is 11.3 Å². The van der Waals surface area contributed by atoms with Crippen molar-refractivity contribution in [3.05, 3.63) is 64.1 Å². The second kappa shape index (κ2) is 8.27. The summed E-state index contributed by atoms with van der Waals surface area (Å²) in [5, 5.41) is 10.2. The normalized spacial score (nSPS) is 10.8. The minimum Gasteiger partial charge on any atom is -0.323 e. The number of ketones is 1. The summed E-state index contributed by atoms with van der Waals surface area (Å²) in [7, 11) is 0. The van der Waals surface area contributed by atoms with E-state index in [1.807, 2.05) is 32.0 Å². The van der Waals surface area contributed by atoms with E-state index in [-0.39, 0.29) is 5.78 Å². The lowest BCUT2D eigenvalue weighted by Gasteiger charge is -2.07. The molecule has 0 aliphatic carbocycles. The summed E-state index contributed by atoms with van der Waals surface area (Å²) in [5.74, 6) is 1.87. The molecule has 0 saturated heterocycles. The monoisotopic (exact) mass is 405 g/mol. The van der Waals surface area contributed by atoms with E-state index in [2.05, 4.69) is 35.5 Å². The number of thiazole rings is 1. The van der Waals surface area contributed by atoms with Crippen molar-refractivity contribution in [1.29, 1.82) is 0 Å². The molecule has 29 heavy (non-hydrogen) atoms. The Kier molecular flexibility index (Phi) is 5.39. The van der Waals surface area contributed by atoms with Crippen molar-refractivity contribution < 1.29 is 4.79 Å². The fraction of sp³-hybridized carbons (Fsp3) is 0.200. The largest absolute Gasteiger partial charge is 0.323 e. The van der Waals surface area contributed by atoms with Crippen LogP contribution in [0.3, 0.4) is 0 Å². The molecule has 0 aromatic carbocycles. The van der Waals surface area contributed by atoms with Crippen molar-refractivity contribution in [2.75, 3.05) is 5.32 Å². The SMILES string of the molecule is Cc1cc(Nc2cc(C)[nH]n2)nc(-c2ccc(C(=O)CCc3cncs3)nc2)n1. The first kappa shape index (κ1) is 18.9. The second-order valence-electron chi connectivity index (χ2n) is 6.60. The van der Waals surface area contributed by atoms with Crippen LogP contribution in [0.2, 0.25) is 0 Å². The van der Waals surface area contributed by atoms with Gasteiger partial charge >= 0.3 is 0 Å². The first-order valence-corrected chi connectivity index (χ1v) is 9.96. The number of H-pyrrole nitrogens is 1. The van der Waals surface area contributed by atoms with E-state index in [1.165, 1.54) is 0 Å². The molecule has 4 aromatic heterocycles. The molecule has 0 aliphatic rings. The number of pyridine rings is 1. The van der Waals surface area contributed by atoms with E-state index in [0.717, 1.165) is 21.8 Å². The molecule has 0 unspecified atom stereocenters. The van der Waals surface area contributed by atoms with E-state index in [1.54, 1.807) is 35.3 Å². The van der Waals surface area contributed by atoms with Crippen LogP contribution in [0.25, 0.3) is 11.4 Å². The topological polar surface area (TPSA) is 109 Å². The number of rotatable bonds is 7. The summed E-state index contributed by atoms with van der Waals surface area (Å²) in [4.78, 5) is 30.8. The Morgan fingerprint density at radius 2 is 2.03 bits per heavy atom. The molecule has 8 nitrogen and oxygen atoms in total. The maximum Gasteiger partial charge on any atom is 0.181 e. The third-order valence-corrected chi connectivity index (χ3v) is 5.04. The van der Waals surface area contributed by atoms with Crippen LogP contribution in [0.4, 0.5) is 11.6 Å². The van der Waals surface area contributed by atoms with E-state index in [4.69, 9.17) is 0 Å². The zero-order chi connectivity index (χ0) is 20.2. The summed E-state index contributed by atoms with van der Waals surface area (Å²) in [6.07, 6.45) is 4.51. The number of aromatic nitrogens is 6. The van der Waals surface area contributed by atoms with Crippen LogP contribution in [0.5, 0.6) is 0 Å². The minimum atomic E-state index is 0.00590. The highest BCUT2D eigenvalue weighted by atomic mass is 32.1. The number of aryl methyl sites for hydroxylation is 3. The highest BCUT2D eigenvalue weighted by Crippen LogP contribution is 2.20. The van der Waals surface area contributed by atoms with Gasteiger partial charge in [-0.3, -0.25) is 19.9 Å². The molecule has 0 bridgehead atoms. The highest BCUT2D eigenvalue weighted by Gasteiger charge is 2.11. The zero-order valence-corrected chi connectivity index (χ0v) is 16.8. The predicted octanol–water partition coefficient (Wildman–Crippen LogP) is 3.89. The van der Waals surface area contributed by atoms with E-state index >= 15 is 0 Å². The summed E-state index contributed by atoms with van der Waals surface area (Å²) >= 11 is 1.55. The van der Waals surface area contributed by atoms with Crippen LogP contribution in [0.15, 0.2) is 42.2 Å². The zero-order valence-electron chi connectivity index (χ0n) is 16.0. The summed E-state index contributed by atoms with van der Waals surface area (Å²) in [5.41, 5.74) is 4.73. The Morgan fingerprint density at radius 1 is 1.14 bits per heavy atom. The Labute approximate surface area is 171 Å². The molecule has 0 spiro atoms. The van der Waals surface area contributed by atoms with Crippen molar-refractivity contribution in [2.24, 2.45) is 0 Å². The minimum absolute atomic E-state index is 0.00590. The average Bonchev–Trinajstić information content (AvgIpc) is 3.37. The maximum atomic E-state index is 12.4. The molecule has 0 amide bonds. The molecule has 0 saturated carbocycles. The molecule has 9 heteroatoms. The Balaban J connectivity index is 1.48. The van der Waals surface area contributed by atoms with Crippen LogP contribution in [-0.2, 0) is 6.42 Å². The number of hydrogen-bond donors (Lipinski definition) is 2. The van der Waals surface area contributed by atoms with Crippen LogP contribution >= 0.6 is 11.3 Å². The molecular formula is C20H19N7OS. The van der Waals surface area contributed by atoms with E-state index < -0.39 is 0 Å². The van der Waals surface area contributed by atoms with Gasteiger partial charge in [-0.05, 0) is 32.4 Å². The van der Waals surface area contributed by atoms with Crippen molar-refractivity contribution in [3.63, 3.8) is 0 Å². The number of nitrogens with one attached hydrogen (secondary N) is 2. The number of Topliss-reactive ketones (excluding diaryl/α,β-unsaturated/α-hetero) is 1. The van der Waals surface area contributed by atoms with Crippen LogP contribution in [-0.4, -0.2) is 35.9 Å². The molecule has 2 N–H and O–H groups in total. The molecular weight excluding hydrogens is 386 g/mol. The lowest BCUT2D eigenvalue weighted by Crippen LogP contribution is -2.04. The van der Waals surface area contributed by atoms with Crippen molar-refractivity contribution in [2.45, 2.75) is 26.7 Å². The quantitative estimate of drug-likeness (QED) is 0.449. The van der Waals surface area contributed by atoms with Gasteiger partial charge in [-0.25, -0.2) is 9.97 Å². The van der Waals surface area contributed by atoms with Gasteiger partial charge in [-0.2, -0.15) is 5.10 Å². The average molecular weight is 405 g/mol. The molecule has 0 atom stereocenters. The van der Waals surface area contributed by atoms with Crippen molar-refractivity contribution in [1.82, 2.24) is 30.1 Å². The first-order valence-electron chi connectivity index (χ1n) is 9.08. The Hall–Kier alpha value is -3.46. The molecule has 4 aromatic rings. The smallest absolute Gasteiger partial charge is 0.181 e. The van der Waals surface area contributed by atoms with Crippen LogP contribution in [0, 0.1) is 13.8 Å². The maximum absolute atomic E-state index is 12.4. The van der Waals surface area contributed by atoms with Gasteiger partial charge in [0.1, 0.15) is 11.5 Å². The Morgan fingerprint density at radius 3 is 2.72 bits per heavy atom. The molecule has 146 valence electrons. The molecule has 0 aliphatic heterocycles. The fourth-order valence-electron chi connectivity index (χ4n) is 2.80. The first-order chi connectivity index (χ1) is 14.1. The number of anilines is 2. The number of aromatic amines is 1. The molecule has 4 heterocycles. The van der Waals surface area contributed by atoms with Gasteiger partial charge < -0.3 is 5.32 Å². The third kappa shape index (κ3) is 4.69. The number of hydrogen-bond acceptors (Lipinski definition) is 8. The van der Waals surface area contributed by atoms with Gasteiger partial charge in [0, 0.05) is 52.8 Å². The molecule has 0 radical (unpaired) electrons. The molecule has 0 fully saturated rings. The van der Waals surface area contributed by atoms with Gasteiger partial charge in [0.25, 0.3) is 0 Å². The van der Waals surface area contributed by atoms with E-state index in [9.17, 15) is 4.79 Å². The second-order valence-corrected chi connectivity index (χ2v) is 7.57. The van der Waals surface area contributed by atoms with Crippen molar-refractivity contribution >= 4 is 28.8 Å². The highest BCUT2D eigenvalue weighted by molar-refractivity contribution is 7.09. The number of carbonyl (C=O) groups is 1. The van der Waals surface area contributed by atoms with Gasteiger partial charge in [0.2, 0.25) is 0 Å². The lowest BCUT2D eigenvalue weighted by atomic mass is 10.1. The fourth-order valence-corrected chi connectivity index (χ4v) is 3.40. The summed E-state index contributed by atoms with van der Waals surface area (Å²) < 4.78 is 0. The standard InChI is InChI=1S/C20H19N7OS/c1-12-7-18(24-19-8-13(2)26-27-19)25-20(23-12)14-3-5-16(22-9-14)17(28)6-4-15-10-21-11-29-15/h3,5,7-11H,4,6H2,1-2H3,(H2,23,24,25,26,27). The van der Waals surface area contributed by atoms with E-state index in [0.29, 0.717) is 36.0 Å². The summed E-state index contributed by atoms with van der Waals surface area (Å²) in [6, 6.07) is 7.29. The Bertz CT molecular complexity index is 1120. The lowest BCUT2D eigenvalue weighted by molar-refractivity contribution is 0.0978. The molecule has 4 rings (SSSR count). The number of carbonyl (C=O) groups excluding carboxylic acids is 1. The van der Waals surface area contributed by atoms with Crippen LogP contribution < -0.4 is 5.32 Å². The third-order valence-electron chi connectivity index (χ3n) is 4.21. The van der Waals surface area contributed by atoms with Crippen molar-refractivity contribution in [3.8, 4) is 11.4 Å². The summed E-state index contributed by atoms with van der Waals surface area (Å²) in [6.45, 7) is 3.83. The van der Waals surface area contributed by atoms with Gasteiger partial charge in [0.05, 0.1) is 5.51 Å². The van der Waals surface area contributed by atoms with Gasteiger partial charge in [-0.1, -0.05) is 0 Å². The number of nitrogens with zero attached hydrogens (tertiary/aromatic N) is 5. The van der Waals surface area contributed by atoms with Crippen LogP contribution in [0.1, 0.15) is 33.2 Å². The van der Waals surface area contributed by atoms with Gasteiger partial charge in [0.15, 0.2) is 17.4 Å².